The lowest BCUT2D eigenvalue weighted by Gasteiger charge is -2.35. The molecule has 0 saturated carbocycles. The Balaban J connectivity index is 1.79. The number of imidazole rings is 1. The van der Waals surface area contributed by atoms with Crippen molar-refractivity contribution in [1.82, 2.24) is 24.6 Å². The fraction of sp³-hybridized carbons (Fsp3) is 0.533. The van der Waals surface area contributed by atoms with Crippen LogP contribution in [0.2, 0.25) is 0 Å². The molecule has 2 aromatic heterocycles. The summed E-state index contributed by atoms with van der Waals surface area (Å²) >= 11 is 0. The molecule has 0 aliphatic carbocycles. The summed E-state index contributed by atoms with van der Waals surface area (Å²) in [7, 11) is 0. The fourth-order valence-corrected chi connectivity index (χ4v) is 2.82. The lowest BCUT2D eigenvalue weighted by Crippen LogP contribution is -2.55. The molecule has 6 nitrogen and oxygen atoms in total. The number of amides is 1. The van der Waals surface area contributed by atoms with Crippen molar-refractivity contribution in [3.05, 3.63) is 30.4 Å². The van der Waals surface area contributed by atoms with Crippen LogP contribution in [0.5, 0.6) is 0 Å². The molecule has 2 aromatic rings. The van der Waals surface area contributed by atoms with Gasteiger partial charge in [0.05, 0.1) is 11.7 Å². The molecule has 1 saturated heterocycles. The molecule has 0 spiro atoms. The van der Waals surface area contributed by atoms with Crippen LogP contribution >= 0.6 is 0 Å². The van der Waals surface area contributed by atoms with Crippen LogP contribution in [0.1, 0.15) is 26.0 Å². The summed E-state index contributed by atoms with van der Waals surface area (Å²) < 4.78 is 1.91. The van der Waals surface area contributed by atoms with E-state index in [1.54, 1.807) is 6.20 Å². The van der Waals surface area contributed by atoms with Gasteiger partial charge in [0.1, 0.15) is 0 Å². The molecule has 1 aliphatic heterocycles. The number of nitrogens with one attached hydrogen (secondary N) is 1. The smallest absolute Gasteiger partial charge is 0.237 e. The Morgan fingerprint density at radius 2 is 2.33 bits per heavy atom. The molecule has 1 N–H and O–H groups in total. The number of carbonyl (C=O) groups is 1. The van der Waals surface area contributed by atoms with Crippen molar-refractivity contribution in [2.45, 2.75) is 32.9 Å². The van der Waals surface area contributed by atoms with Gasteiger partial charge in [0.15, 0.2) is 0 Å². The molecule has 1 fully saturated rings. The summed E-state index contributed by atoms with van der Waals surface area (Å²) in [6.45, 7) is 6.56. The number of aromatic nitrogens is 3. The third kappa shape index (κ3) is 3.05. The van der Waals surface area contributed by atoms with E-state index in [1.165, 1.54) is 0 Å². The van der Waals surface area contributed by atoms with Gasteiger partial charge in [-0.25, -0.2) is 9.97 Å². The van der Waals surface area contributed by atoms with Gasteiger partial charge in [0.25, 0.3) is 0 Å². The number of nitrogens with zero attached hydrogens (tertiary/aromatic N) is 4. The Morgan fingerprint density at radius 1 is 1.48 bits per heavy atom. The fourth-order valence-electron chi connectivity index (χ4n) is 2.82. The third-order valence-corrected chi connectivity index (χ3v) is 3.79. The minimum atomic E-state index is -0.0588. The zero-order chi connectivity index (χ0) is 14.8. The van der Waals surface area contributed by atoms with Crippen LogP contribution in [-0.2, 0) is 11.3 Å². The predicted molar refractivity (Wildman–Crippen MR) is 79.6 cm³/mol. The Morgan fingerprint density at radius 3 is 3.10 bits per heavy atom. The predicted octanol–water partition coefficient (Wildman–Crippen LogP) is 1.08. The normalized spacial score (nSPS) is 20.1. The van der Waals surface area contributed by atoms with Gasteiger partial charge in [-0.3, -0.25) is 14.1 Å². The van der Waals surface area contributed by atoms with Crippen LogP contribution in [0, 0.1) is 5.92 Å². The average molecular weight is 287 g/mol. The van der Waals surface area contributed by atoms with Crippen LogP contribution in [0.15, 0.2) is 24.7 Å². The van der Waals surface area contributed by atoms with Crippen molar-refractivity contribution in [3.8, 4) is 0 Å². The maximum absolute atomic E-state index is 12.1. The molecule has 21 heavy (non-hydrogen) atoms. The largest absolute Gasteiger partial charge is 0.353 e. The number of carbonyl (C=O) groups excluding carboxylic acids is 1. The Hall–Kier alpha value is -1.95. The molecular weight excluding hydrogens is 266 g/mol. The van der Waals surface area contributed by atoms with Gasteiger partial charge >= 0.3 is 0 Å². The summed E-state index contributed by atoms with van der Waals surface area (Å²) in [5.41, 5.74) is 0.956. The molecule has 0 aromatic carbocycles. The van der Waals surface area contributed by atoms with Gasteiger partial charge in [-0.1, -0.05) is 13.8 Å². The summed E-state index contributed by atoms with van der Waals surface area (Å²) in [5, 5.41) is 2.96. The Kier molecular flexibility index (Phi) is 3.88. The molecule has 1 amide bonds. The van der Waals surface area contributed by atoms with Crippen LogP contribution in [0.4, 0.5) is 0 Å². The molecule has 3 heterocycles. The summed E-state index contributed by atoms with van der Waals surface area (Å²) in [4.78, 5) is 23.1. The summed E-state index contributed by atoms with van der Waals surface area (Å²) in [6, 6.07) is 1.82. The lowest BCUT2D eigenvalue weighted by atomic mass is 10.00. The van der Waals surface area contributed by atoms with E-state index in [-0.39, 0.29) is 11.9 Å². The van der Waals surface area contributed by atoms with Gasteiger partial charge in [-0.15, -0.1) is 0 Å². The topological polar surface area (TPSA) is 62.5 Å². The molecule has 112 valence electrons. The third-order valence-electron chi connectivity index (χ3n) is 3.79. The minimum Gasteiger partial charge on any atom is -0.353 e. The van der Waals surface area contributed by atoms with Gasteiger partial charge in [-0.2, -0.15) is 0 Å². The van der Waals surface area contributed by atoms with Crippen molar-refractivity contribution in [1.29, 1.82) is 0 Å². The van der Waals surface area contributed by atoms with Crippen LogP contribution in [0.3, 0.4) is 0 Å². The maximum atomic E-state index is 12.1. The highest BCUT2D eigenvalue weighted by Gasteiger charge is 2.30. The molecule has 1 atom stereocenters. The number of rotatable bonds is 4. The quantitative estimate of drug-likeness (QED) is 0.914. The van der Waals surface area contributed by atoms with Gasteiger partial charge in [0, 0.05) is 38.2 Å². The minimum absolute atomic E-state index is 0.0588. The van der Waals surface area contributed by atoms with Gasteiger partial charge < -0.3 is 5.32 Å². The highest BCUT2D eigenvalue weighted by atomic mass is 16.2. The highest BCUT2D eigenvalue weighted by molar-refractivity contribution is 5.82. The molecule has 0 radical (unpaired) electrons. The molecule has 3 rings (SSSR count). The monoisotopic (exact) mass is 287 g/mol. The number of hydrogen-bond donors (Lipinski definition) is 1. The molecule has 6 heteroatoms. The summed E-state index contributed by atoms with van der Waals surface area (Å²) in [5.74, 6) is 1.33. The van der Waals surface area contributed by atoms with E-state index < -0.39 is 0 Å². The number of fused-ring (bicyclic) bond motifs is 1. The van der Waals surface area contributed by atoms with Crippen LogP contribution in [0.25, 0.3) is 5.78 Å². The lowest BCUT2D eigenvalue weighted by molar-refractivity contribution is -0.130. The van der Waals surface area contributed by atoms with E-state index in [1.807, 2.05) is 22.9 Å². The van der Waals surface area contributed by atoms with Crippen LogP contribution in [-0.4, -0.2) is 44.3 Å². The second-order valence-corrected chi connectivity index (χ2v) is 5.97. The molecular formula is C15H21N5O. The van der Waals surface area contributed by atoms with Crippen LogP contribution < -0.4 is 5.32 Å². The van der Waals surface area contributed by atoms with Crippen molar-refractivity contribution in [2.75, 3.05) is 13.1 Å². The van der Waals surface area contributed by atoms with E-state index in [0.717, 1.165) is 18.7 Å². The molecule has 1 unspecified atom stereocenters. The zero-order valence-electron chi connectivity index (χ0n) is 12.5. The van der Waals surface area contributed by atoms with E-state index in [9.17, 15) is 4.79 Å². The van der Waals surface area contributed by atoms with Crippen molar-refractivity contribution in [3.63, 3.8) is 0 Å². The van der Waals surface area contributed by atoms with E-state index in [2.05, 4.69) is 34.0 Å². The first-order valence-corrected chi connectivity index (χ1v) is 7.44. The van der Waals surface area contributed by atoms with E-state index >= 15 is 0 Å². The van der Waals surface area contributed by atoms with Gasteiger partial charge in [0.2, 0.25) is 11.7 Å². The second-order valence-electron chi connectivity index (χ2n) is 5.97. The SMILES string of the molecule is CC(C)CC1C(=O)NCCN1Cc1cn2cccnc2n1. The standard InChI is InChI=1S/C15H21N5O/c1-11(2)8-13-14(21)16-5-7-19(13)9-12-10-20-6-3-4-17-15(20)18-12/h3-4,6,10-11,13H,5,7-9H2,1-2H3,(H,16,21). The highest BCUT2D eigenvalue weighted by Crippen LogP contribution is 2.17. The average Bonchev–Trinajstić information content (AvgIpc) is 2.84. The van der Waals surface area contributed by atoms with E-state index in [0.29, 0.717) is 24.8 Å². The Bertz CT molecular complexity index is 603. The first-order valence-electron chi connectivity index (χ1n) is 7.44. The van der Waals surface area contributed by atoms with Crippen molar-refractivity contribution in [2.24, 2.45) is 5.92 Å². The zero-order valence-corrected chi connectivity index (χ0v) is 12.5. The van der Waals surface area contributed by atoms with Crippen molar-refractivity contribution >= 4 is 11.7 Å². The molecule has 1 aliphatic rings. The number of piperazine rings is 1. The molecule has 0 bridgehead atoms. The maximum Gasteiger partial charge on any atom is 0.237 e. The van der Waals surface area contributed by atoms with Gasteiger partial charge in [-0.05, 0) is 18.4 Å². The number of hydrogen-bond acceptors (Lipinski definition) is 4. The second kappa shape index (κ2) is 5.81. The summed E-state index contributed by atoms with van der Waals surface area (Å²) in [6.07, 6.45) is 6.54. The van der Waals surface area contributed by atoms with E-state index in [4.69, 9.17) is 0 Å². The first-order chi connectivity index (χ1) is 10.1. The Labute approximate surface area is 124 Å². The first kappa shape index (κ1) is 14.0. The van der Waals surface area contributed by atoms with Crippen molar-refractivity contribution < 1.29 is 4.79 Å².